The van der Waals surface area contributed by atoms with Crippen LogP contribution in [0.25, 0.3) is 0 Å². The molecule has 1 amide bonds. The summed E-state index contributed by atoms with van der Waals surface area (Å²) in [5.41, 5.74) is 1.14. The first-order chi connectivity index (χ1) is 10.7. The number of hydrogen-bond acceptors (Lipinski definition) is 3. The second-order valence-corrected chi connectivity index (χ2v) is 5.98. The highest BCUT2D eigenvalue weighted by Gasteiger charge is 2.24. The molecule has 22 heavy (non-hydrogen) atoms. The Morgan fingerprint density at radius 3 is 2.45 bits per heavy atom. The van der Waals surface area contributed by atoms with E-state index in [0.29, 0.717) is 18.8 Å². The molecule has 1 saturated heterocycles. The van der Waals surface area contributed by atoms with E-state index in [2.05, 4.69) is 4.90 Å². The van der Waals surface area contributed by atoms with Crippen LogP contribution in [0.5, 0.6) is 0 Å². The Balaban J connectivity index is 1.51. The van der Waals surface area contributed by atoms with Gasteiger partial charge in [-0.2, -0.15) is 0 Å². The molecule has 1 aromatic heterocycles. The van der Waals surface area contributed by atoms with Crippen molar-refractivity contribution in [2.24, 2.45) is 0 Å². The average Bonchev–Trinajstić information content (AvgIpc) is 3.10. The van der Waals surface area contributed by atoms with Crippen molar-refractivity contribution in [2.75, 3.05) is 32.7 Å². The number of rotatable bonds is 4. The number of piperazine rings is 1. The van der Waals surface area contributed by atoms with Crippen LogP contribution in [0, 0.1) is 0 Å². The number of furan rings is 1. The summed E-state index contributed by atoms with van der Waals surface area (Å²) in [6, 6.07) is 13.5. The molecule has 1 unspecified atom stereocenters. The number of carbonyl (C=O) groups excluding carboxylic acids is 1. The van der Waals surface area contributed by atoms with Crippen LogP contribution < -0.4 is 0 Å². The molecule has 1 aromatic carbocycles. The topological polar surface area (TPSA) is 36.7 Å². The van der Waals surface area contributed by atoms with E-state index in [4.69, 9.17) is 16.0 Å². The number of benzene rings is 1. The third kappa shape index (κ3) is 3.51. The standard InChI is InChI=1S/C17H19ClN2O2/c18-15(14-5-2-1-3-6-14)13-19-8-10-20(11-9-19)17(21)16-7-4-12-22-16/h1-7,12,15H,8-11,13H2. The lowest BCUT2D eigenvalue weighted by Gasteiger charge is -2.35. The first-order valence-corrected chi connectivity index (χ1v) is 7.92. The molecule has 0 aliphatic carbocycles. The first kappa shape index (κ1) is 15.1. The smallest absolute Gasteiger partial charge is 0.289 e. The molecular weight excluding hydrogens is 300 g/mol. The summed E-state index contributed by atoms with van der Waals surface area (Å²) >= 11 is 6.48. The lowest BCUT2D eigenvalue weighted by atomic mass is 10.1. The summed E-state index contributed by atoms with van der Waals surface area (Å²) < 4.78 is 5.17. The molecule has 0 N–H and O–H groups in total. The minimum Gasteiger partial charge on any atom is -0.459 e. The van der Waals surface area contributed by atoms with E-state index in [0.717, 1.165) is 25.2 Å². The first-order valence-electron chi connectivity index (χ1n) is 7.48. The minimum atomic E-state index is -0.0323. The van der Waals surface area contributed by atoms with Crippen LogP contribution in [0.15, 0.2) is 53.1 Å². The molecule has 116 valence electrons. The zero-order chi connectivity index (χ0) is 15.4. The zero-order valence-electron chi connectivity index (χ0n) is 12.3. The van der Waals surface area contributed by atoms with Gasteiger partial charge < -0.3 is 9.32 Å². The second-order valence-electron chi connectivity index (χ2n) is 5.45. The Morgan fingerprint density at radius 1 is 1.09 bits per heavy atom. The SMILES string of the molecule is O=C(c1ccco1)N1CCN(CC(Cl)c2ccccc2)CC1. The maximum absolute atomic E-state index is 12.2. The Labute approximate surface area is 135 Å². The highest BCUT2D eigenvalue weighted by molar-refractivity contribution is 6.21. The van der Waals surface area contributed by atoms with Gasteiger partial charge in [0.1, 0.15) is 0 Å². The fourth-order valence-corrected chi connectivity index (χ4v) is 3.02. The van der Waals surface area contributed by atoms with Crippen molar-refractivity contribution in [1.29, 1.82) is 0 Å². The van der Waals surface area contributed by atoms with Gasteiger partial charge >= 0.3 is 0 Å². The molecule has 3 rings (SSSR count). The van der Waals surface area contributed by atoms with Gasteiger partial charge in [-0.15, -0.1) is 11.6 Å². The number of alkyl halides is 1. The van der Waals surface area contributed by atoms with Gasteiger partial charge in [-0.05, 0) is 17.7 Å². The molecule has 0 radical (unpaired) electrons. The van der Waals surface area contributed by atoms with Crippen molar-refractivity contribution in [3.05, 3.63) is 60.1 Å². The quantitative estimate of drug-likeness (QED) is 0.813. The van der Waals surface area contributed by atoms with Gasteiger partial charge in [0, 0.05) is 32.7 Å². The highest BCUT2D eigenvalue weighted by Crippen LogP contribution is 2.22. The monoisotopic (exact) mass is 318 g/mol. The molecule has 0 bridgehead atoms. The number of carbonyl (C=O) groups is 1. The van der Waals surface area contributed by atoms with Crippen molar-refractivity contribution < 1.29 is 9.21 Å². The lowest BCUT2D eigenvalue weighted by molar-refractivity contribution is 0.0606. The summed E-state index contributed by atoms with van der Waals surface area (Å²) in [4.78, 5) is 16.3. The zero-order valence-corrected chi connectivity index (χ0v) is 13.1. The van der Waals surface area contributed by atoms with Crippen LogP contribution >= 0.6 is 11.6 Å². The van der Waals surface area contributed by atoms with Crippen molar-refractivity contribution in [1.82, 2.24) is 9.80 Å². The number of amides is 1. The third-order valence-electron chi connectivity index (χ3n) is 3.97. The van der Waals surface area contributed by atoms with Crippen molar-refractivity contribution in [3.8, 4) is 0 Å². The van der Waals surface area contributed by atoms with Crippen molar-refractivity contribution in [3.63, 3.8) is 0 Å². The molecule has 2 aromatic rings. The molecule has 2 heterocycles. The van der Waals surface area contributed by atoms with Crippen molar-refractivity contribution >= 4 is 17.5 Å². The molecular formula is C17H19ClN2O2. The Kier molecular flexibility index (Phi) is 4.80. The van der Waals surface area contributed by atoms with E-state index < -0.39 is 0 Å². The van der Waals surface area contributed by atoms with E-state index in [9.17, 15) is 4.79 Å². The van der Waals surface area contributed by atoms with Crippen LogP contribution in [0.2, 0.25) is 0 Å². The minimum absolute atomic E-state index is 0.0199. The Hall–Kier alpha value is -1.78. The number of halogens is 1. The molecule has 0 saturated carbocycles. The molecule has 0 spiro atoms. The van der Waals surface area contributed by atoms with Gasteiger partial charge in [-0.3, -0.25) is 9.69 Å². The van der Waals surface area contributed by atoms with Gasteiger partial charge in [0.2, 0.25) is 0 Å². The summed E-state index contributed by atoms with van der Waals surface area (Å²) in [5.74, 6) is 0.378. The Morgan fingerprint density at radius 2 is 1.82 bits per heavy atom. The summed E-state index contributed by atoms with van der Waals surface area (Å²) in [7, 11) is 0. The Bertz CT molecular complexity index is 592. The molecule has 1 atom stereocenters. The van der Waals surface area contributed by atoms with Crippen molar-refractivity contribution in [2.45, 2.75) is 5.38 Å². The van der Waals surface area contributed by atoms with E-state index in [1.807, 2.05) is 35.2 Å². The van der Waals surface area contributed by atoms with Crippen LogP contribution in [0.3, 0.4) is 0 Å². The van der Waals surface area contributed by atoms with E-state index >= 15 is 0 Å². The van der Waals surface area contributed by atoms with Gasteiger partial charge in [-0.1, -0.05) is 30.3 Å². The van der Waals surface area contributed by atoms with Crippen LogP contribution in [0.1, 0.15) is 21.5 Å². The maximum Gasteiger partial charge on any atom is 0.289 e. The molecule has 1 aliphatic heterocycles. The third-order valence-corrected chi connectivity index (χ3v) is 4.36. The fraction of sp³-hybridized carbons (Fsp3) is 0.353. The number of hydrogen-bond donors (Lipinski definition) is 0. The van der Waals surface area contributed by atoms with Crippen LogP contribution in [-0.4, -0.2) is 48.4 Å². The van der Waals surface area contributed by atoms with E-state index in [-0.39, 0.29) is 11.3 Å². The van der Waals surface area contributed by atoms with Gasteiger partial charge in [0.05, 0.1) is 11.6 Å². The summed E-state index contributed by atoms with van der Waals surface area (Å²) in [6.07, 6.45) is 1.53. The molecule has 4 nitrogen and oxygen atoms in total. The predicted molar refractivity (Wildman–Crippen MR) is 86.1 cm³/mol. The maximum atomic E-state index is 12.2. The average molecular weight is 319 g/mol. The summed E-state index contributed by atoms with van der Waals surface area (Å²) in [6.45, 7) is 3.88. The second kappa shape index (κ2) is 6.99. The largest absolute Gasteiger partial charge is 0.459 e. The van der Waals surface area contributed by atoms with E-state index in [1.165, 1.54) is 6.26 Å². The normalized spacial score (nSPS) is 17.4. The molecule has 1 aliphatic rings. The molecule has 5 heteroatoms. The van der Waals surface area contributed by atoms with Gasteiger partial charge in [0.15, 0.2) is 5.76 Å². The highest BCUT2D eigenvalue weighted by atomic mass is 35.5. The molecule has 1 fully saturated rings. The van der Waals surface area contributed by atoms with Gasteiger partial charge in [-0.25, -0.2) is 0 Å². The lowest BCUT2D eigenvalue weighted by Crippen LogP contribution is -2.49. The van der Waals surface area contributed by atoms with Gasteiger partial charge in [0.25, 0.3) is 5.91 Å². The van der Waals surface area contributed by atoms with Crippen LogP contribution in [-0.2, 0) is 0 Å². The summed E-state index contributed by atoms with van der Waals surface area (Å²) in [5, 5.41) is -0.0199. The number of nitrogens with zero attached hydrogens (tertiary/aromatic N) is 2. The van der Waals surface area contributed by atoms with E-state index in [1.54, 1.807) is 12.1 Å². The fourth-order valence-electron chi connectivity index (χ4n) is 2.68. The van der Waals surface area contributed by atoms with Crippen LogP contribution in [0.4, 0.5) is 0 Å². The predicted octanol–water partition coefficient (Wildman–Crippen LogP) is 3.02.